The minimum atomic E-state index is -0.389. The number of benzene rings is 1. The highest BCUT2D eigenvalue weighted by molar-refractivity contribution is 6.01. The number of carbonyl (C=O) groups excluding carboxylic acids is 3. The van der Waals surface area contributed by atoms with E-state index in [1.807, 2.05) is 0 Å². The second-order valence-corrected chi connectivity index (χ2v) is 4.42. The van der Waals surface area contributed by atoms with Gasteiger partial charge in [0.2, 0.25) is 11.8 Å². The van der Waals surface area contributed by atoms with Crippen LogP contribution in [0, 0.1) is 0 Å². The van der Waals surface area contributed by atoms with E-state index in [0.717, 1.165) is 10.5 Å². The number of imide groups is 1. The van der Waals surface area contributed by atoms with Gasteiger partial charge in [0.1, 0.15) is 0 Å². The van der Waals surface area contributed by atoms with Crippen molar-refractivity contribution in [1.82, 2.24) is 15.5 Å². The summed E-state index contributed by atoms with van der Waals surface area (Å²) in [5.41, 5.74) is 1.41. The number of nitrogens with zero attached hydrogens (tertiary/aromatic N) is 1. The Kier molecular flexibility index (Phi) is 6.13. The summed E-state index contributed by atoms with van der Waals surface area (Å²) >= 11 is 0. The highest BCUT2D eigenvalue weighted by Gasteiger charge is 2.28. The Morgan fingerprint density at radius 3 is 2.76 bits per heavy atom. The van der Waals surface area contributed by atoms with E-state index in [9.17, 15) is 14.4 Å². The maximum atomic E-state index is 11.5. The Labute approximate surface area is 128 Å². The zero-order valence-corrected chi connectivity index (χ0v) is 12.3. The van der Waals surface area contributed by atoms with E-state index in [1.54, 1.807) is 31.3 Å². The van der Waals surface area contributed by atoms with Crippen LogP contribution in [0.4, 0.5) is 10.5 Å². The Bertz CT molecular complexity index is 534. The number of carbonyl (C=O) groups is 3. The molecule has 0 atom stereocenters. The zero-order valence-electron chi connectivity index (χ0n) is 11.5. The summed E-state index contributed by atoms with van der Waals surface area (Å²) in [4.78, 5) is 35.6. The lowest BCUT2D eigenvalue weighted by Crippen LogP contribution is -2.30. The van der Waals surface area contributed by atoms with Gasteiger partial charge in [0.15, 0.2) is 0 Å². The first-order valence-electron chi connectivity index (χ1n) is 6.21. The molecule has 3 N–H and O–H groups in total. The summed E-state index contributed by atoms with van der Waals surface area (Å²) in [5, 5.41) is 7.94. The number of likely N-dealkylation sites (N-methyl/N-ethyl adjacent to an activating group) is 1. The Hall–Kier alpha value is -2.12. The molecule has 0 saturated carbocycles. The van der Waals surface area contributed by atoms with Crippen LogP contribution in [0.2, 0.25) is 0 Å². The van der Waals surface area contributed by atoms with Crippen molar-refractivity contribution in [1.29, 1.82) is 0 Å². The predicted octanol–water partition coefficient (Wildman–Crippen LogP) is 0.318. The van der Waals surface area contributed by atoms with Crippen molar-refractivity contribution >= 4 is 35.9 Å². The van der Waals surface area contributed by atoms with E-state index in [-0.39, 0.29) is 49.9 Å². The van der Waals surface area contributed by atoms with Crippen molar-refractivity contribution in [2.75, 3.05) is 25.5 Å². The van der Waals surface area contributed by atoms with E-state index in [2.05, 4.69) is 16.0 Å². The second-order valence-electron chi connectivity index (χ2n) is 4.42. The summed E-state index contributed by atoms with van der Waals surface area (Å²) < 4.78 is 0. The molecule has 0 unspecified atom stereocenters. The molecule has 0 aromatic heterocycles. The van der Waals surface area contributed by atoms with Crippen molar-refractivity contribution < 1.29 is 14.4 Å². The molecule has 114 valence electrons. The maximum absolute atomic E-state index is 11.5. The highest BCUT2D eigenvalue weighted by atomic mass is 35.5. The van der Waals surface area contributed by atoms with Crippen LogP contribution in [0.25, 0.3) is 0 Å². The number of hydrogen-bond acceptors (Lipinski definition) is 4. The van der Waals surface area contributed by atoms with Crippen molar-refractivity contribution in [3.05, 3.63) is 29.8 Å². The largest absolute Gasteiger partial charge is 0.329 e. The third kappa shape index (κ3) is 4.44. The smallest absolute Gasteiger partial charge is 0.324 e. The quantitative estimate of drug-likeness (QED) is 0.683. The number of nitrogens with one attached hydrogen (secondary N) is 3. The lowest BCUT2D eigenvalue weighted by molar-refractivity contribution is -0.125. The fourth-order valence-electron chi connectivity index (χ4n) is 1.91. The number of rotatable bonds is 5. The number of urea groups is 1. The van der Waals surface area contributed by atoms with Gasteiger partial charge in [0.05, 0.1) is 19.6 Å². The van der Waals surface area contributed by atoms with Gasteiger partial charge in [-0.25, -0.2) is 4.79 Å². The van der Waals surface area contributed by atoms with Crippen molar-refractivity contribution in [2.24, 2.45) is 0 Å². The van der Waals surface area contributed by atoms with Crippen molar-refractivity contribution in [2.45, 2.75) is 6.54 Å². The standard InChI is InChI=1S/C13H16N4O3.ClH/c1-14-6-11(18)16-10-4-2-3-9(5-10)8-17-12(19)7-15-13(17)20;/h2-5,14H,6-8H2,1H3,(H,15,20)(H,16,18);1H. The van der Waals surface area contributed by atoms with Crippen LogP contribution in [0.1, 0.15) is 5.56 Å². The van der Waals surface area contributed by atoms with Crippen LogP contribution in [0.15, 0.2) is 24.3 Å². The molecule has 0 spiro atoms. The summed E-state index contributed by atoms with van der Waals surface area (Å²) in [6.07, 6.45) is 0. The molecule has 1 aliphatic heterocycles. The van der Waals surface area contributed by atoms with E-state index in [0.29, 0.717) is 5.69 Å². The molecule has 21 heavy (non-hydrogen) atoms. The Morgan fingerprint density at radius 1 is 1.38 bits per heavy atom. The van der Waals surface area contributed by atoms with Crippen LogP contribution in [0.3, 0.4) is 0 Å². The topological polar surface area (TPSA) is 90.5 Å². The fourth-order valence-corrected chi connectivity index (χ4v) is 1.91. The van der Waals surface area contributed by atoms with Gasteiger partial charge in [-0.05, 0) is 24.7 Å². The monoisotopic (exact) mass is 312 g/mol. The average Bonchev–Trinajstić information content (AvgIpc) is 2.71. The summed E-state index contributed by atoms with van der Waals surface area (Å²) in [7, 11) is 1.69. The predicted molar refractivity (Wildman–Crippen MR) is 80.2 cm³/mol. The number of halogens is 1. The normalized spacial score (nSPS) is 13.7. The highest BCUT2D eigenvalue weighted by Crippen LogP contribution is 2.14. The molecule has 4 amide bonds. The fraction of sp³-hybridized carbons (Fsp3) is 0.308. The van der Waals surface area contributed by atoms with E-state index >= 15 is 0 Å². The average molecular weight is 313 g/mol. The number of anilines is 1. The lowest BCUT2D eigenvalue weighted by atomic mass is 10.2. The van der Waals surface area contributed by atoms with Crippen LogP contribution in [0.5, 0.6) is 0 Å². The number of hydrogen-bond donors (Lipinski definition) is 3. The SMILES string of the molecule is CNCC(=O)Nc1cccc(CN2C(=O)CNC2=O)c1.Cl. The van der Waals surface area contributed by atoms with Crippen LogP contribution in [-0.2, 0) is 16.1 Å². The third-order valence-corrected chi connectivity index (χ3v) is 2.83. The Balaban J connectivity index is 0.00000220. The van der Waals surface area contributed by atoms with Gasteiger partial charge in [0.25, 0.3) is 0 Å². The van der Waals surface area contributed by atoms with Gasteiger partial charge < -0.3 is 16.0 Å². The van der Waals surface area contributed by atoms with E-state index in [4.69, 9.17) is 0 Å². The van der Waals surface area contributed by atoms with Gasteiger partial charge in [-0.1, -0.05) is 12.1 Å². The minimum absolute atomic E-state index is 0. The van der Waals surface area contributed by atoms with Gasteiger partial charge in [-0.3, -0.25) is 14.5 Å². The van der Waals surface area contributed by atoms with E-state index in [1.165, 1.54) is 0 Å². The summed E-state index contributed by atoms with van der Waals surface area (Å²) in [5.74, 6) is -0.403. The molecule has 0 radical (unpaired) electrons. The summed E-state index contributed by atoms with van der Waals surface area (Å²) in [6, 6.07) is 6.67. The molecule has 1 aromatic rings. The molecular formula is C13H17ClN4O3. The van der Waals surface area contributed by atoms with E-state index < -0.39 is 0 Å². The zero-order chi connectivity index (χ0) is 14.5. The second kappa shape index (κ2) is 7.61. The molecule has 1 fully saturated rings. The first-order valence-corrected chi connectivity index (χ1v) is 6.21. The van der Waals surface area contributed by atoms with Crippen molar-refractivity contribution in [3.63, 3.8) is 0 Å². The van der Waals surface area contributed by atoms with Crippen LogP contribution < -0.4 is 16.0 Å². The Morgan fingerprint density at radius 2 is 2.14 bits per heavy atom. The first kappa shape index (κ1) is 16.9. The third-order valence-electron chi connectivity index (χ3n) is 2.83. The molecule has 1 heterocycles. The molecule has 2 rings (SSSR count). The molecule has 0 aliphatic carbocycles. The van der Waals surface area contributed by atoms with Crippen molar-refractivity contribution in [3.8, 4) is 0 Å². The number of amides is 4. The van der Waals surface area contributed by atoms with Gasteiger partial charge in [0, 0.05) is 5.69 Å². The molecule has 1 saturated heterocycles. The minimum Gasteiger partial charge on any atom is -0.329 e. The van der Waals surface area contributed by atoms with Crippen LogP contribution >= 0.6 is 12.4 Å². The molecular weight excluding hydrogens is 296 g/mol. The maximum Gasteiger partial charge on any atom is 0.324 e. The van der Waals surface area contributed by atoms with Gasteiger partial charge >= 0.3 is 6.03 Å². The van der Waals surface area contributed by atoms with Gasteiger partial charge in [-0.2, -0.15) is 0 Å². The lowest BCUT2D eigenvalue weighted by Gasteiger charge is -2.13. The molecule has 7 nitrogen and oxygen atoms in total. The molecule has 1 aliphatic rings. The molecule has 1 aromatic carbocycles. The molecule has 8 heteroatoms. The first-order chi connectivity index (χ1) is 9.60. The van der Waals surface area contributed by atoms with Gasteiger partial charge in [-0.15, -0.1) is 12.4 Å². The summed E-state index contributed by atoms with van der Waals surface area (Å²) in [6.45, 7) is 0.453. The van der Waals surface area contributed by atoms with Crippen LogP contribution in [-0.4, -0.2) is 42.9 Å². The molecule has 0 bridgehead atoms.